The first-order chi connectivity index (χ1) is 11.6. The smallest absolute Gasteiger partial charge is 0.265 e. The maximum Gasteiger partial charge on any atom is 0.265 e. The monoisotopic (exact) mass is 325 g/mol. The molecule has 0 saturated heterocycles. The van der Waals surface area contributed by atoms with Crippen LogP contribution in [-0.4, -0.2) is 18.6 Å². The van der Waals surface area contributed by atoms with Gasteiger partial charge in [0.1, 0.15) is 18.1 Å². The summed E-state index contributed by atoms with van der Waals surface area (Å²) in [7, 11) is 0. The van der Waals surface area contributed by atoms with Crippen LogP contribution in [0.4, 0.5) is 5.69 Å². The SMILES string of the molecule is C=CCOc1cccc(NC(=O)[C@@H](C)Oc2ccccc2CC)c1. The molecule has 0 radical (unpaired) electrons. The number of rotatable bonds is 8. The second kappa shape index (κ2) is 8.77. The second-order valence-electron chi connectivity index (χ2n) is 5.34. The summed E-state index contributed by atoms with van der Waals surface area (Å²) in [6, 6.07) is 15.0. The zero-order chi connectivity index (χ0) is 17.4. The number of anilines is 1. The van der Waals surface area contributed by atoms with Crippen LogP contribution in [0, 0.1) is 0 Å². The van der Waals surface area contributed by atoms with Crippen molar-refractivity contribution in [1.82, 2.24) is 0 Å². The van der Waals surface area contributed by atoms with Gasteiger partial charge in [0.15, 0.2) is 6.10 Å². The van der Waals surface area contributed by atoms with Crippen molar-refractivity contribution in [1.29, 1.82) is 0 Å². The van der Waals surface area contributed by atoms with Crippen molar-refractivity contribution in [2.24, 2.45) is 0 Å². The first kappa shape index (κ1) is 17.6. The summed E-state index contributed by atoms with van der Waals surface area (Å²) in [5.74, 6) is 1.21. The molecule has 0 unspecified atom stereocenters. The van der Waals surface area contributed by atoms with Crippen LogP contribution in [0.5, 0.6) is 11.5 Å². The van der Waals surface area contributed by atoms with E-state index in [-0.39, 0.29) is 5.91 Å². The molecular formula is C20H23NO3. The Kier molecular flexibility index (Phi) is 6.43. The third-order valence-corrected chi connectivity index (χ3v) is 3.50. The molecule has 1 atom stereocenters. The highest BCUT2D eigenvalue weighted by molar-refractivity contribution is 5.94. The molecule has 0 aliphatic rings. The van der Waals surface area contributed by atoms with Gasteiger partial charge in [-0.15, -0.1) is 0 Å². The highest BCUT2D eigenvalue weighted by Gasteiger charge is 2.16. The molecule has 24 heavy (non-hydrogen) atoms. The van der Waals surface area contributed by atoms with Gasteiger partial charge in [0, 0.05) is 11.8 Å². The molecule has 4 nitrogen and oxygen atoms in total. The Morgan fingerprint density at radius 2 is 2.04 bits per heavy atom. The number of amides is 1. The van der Waals surface area contributed by atoms with Crippen molar-refractivity contribution in [3.8, 4) is 11.5 Å². The number of hydrogen-bond donors (Lipinski definition) is 1. The maximum atomic E-state index is 12.3. The summed E-state index contributed by atoms with van der Waals surface area (Å²) in [6.45, 7) is 7.83. The van der Waals surface area contributed by atoms with E-state index in [1.54, 1.807) is 19.1 Å². The molecule has 4 heteroatoms. The second-order valence-corrected chi connectivity index (χ2v) is 5.34. The van der Waals surface area contributed by atoms with E-state index in [4.69, 9.17) is 9.47 Å². The van der Waals surface area contributed by atoms with Crippen LogP contribution in [0.1, 0.15) is 19.4 Å². The fourth-order valence-electron chi connectivity index (χ4n) is 2.22. The molecule has 0 aliphatic heterocycles. The molecular weight excluding hydrogens is 302 g/mol. The van der Waals surface area contributed by atoms with Gasteiger partial charge in [-0.2, -0.15) is 0 Å². The van der Waals surface area contributed by atoms with Crippen LogP contribution in [0.25, 0.3) is 0 Å². The van der Waals surface area contributed by atoms with Gasteiger partial charge in [-0.3, -0.25) is 4.79 Å². The summed E-state index contributed by atoms with van der Waals surface area (Å²) < 4.78 is 11.3. The normalized spacial score (nSPS) is 11.4. The third-order valence-electron chi connectivity index (χ3n) is 3.50. The zero-order valence-corrected chi connectivity index (χ0v) is 14.1. The largest absolute Gasteiger partial charge is 0.489 e. The number of para-hydroxylation sites is 1. The molecule has 1 N–H and O–H groups in total. The molecule has 0 saturated carbocycles. The Bertz CT molecular complexity index is 697. The average molecular weight is 325 g/mol. The number of carbonyl (C=O) groups excluding carboxylic acids is 1. The maximum absolute atomic E-state index is 12.3. The highest BCUT2D eigenvalue weighted by Crippen LogP contribution is 2.21. The van der Waals surface area contributed by atoms with E-state index in [1.807, 2.05) is 42.5 Å². The Hall–Kier alpha value is -2.75. The van der Waals surface area contributed by atoms with Crippen molar-refractivity contribution in [2.45, 2.75) is 26.4 Å². The van der Waals surface area contributed by atoms with E-state index in [9.17, 15) is 4.79 Å². The quantitative estimate of drug-likeness (QED) is 0.739. The lowest BCUT2D eigenvalue weighted by Crippen LogP contribution is -2.30. The van der Waals surface area contributed by atoms with Crippen molar-refractivity contribution >= 4 is 11.6 Å². The van der Waals surface area contributed by atoms with Gasteiger partial charge in [-0.1, -0.05) is 43.8 Å². The molecule has 126 valence electrons. The lowest BCUT2D eigenvalue weighted by molar-refractivity contribution is -0.122. The van der Waals surface area contributed by atoms with Gasteiger partial charge >= 0.3 is 0 Å². The Morgan fingerprint density at radius 3 is 2.79 bits per heavy atom. The molecule has 2 aromatic rings. The summed E-state index contributed by atoms with van der Waals surface area (Å²) in [4.78, 5) is 12.3. The van der Waals surface area contributed by atoms with E-state index in [2.05, 4.69) is 18.8 Å². The molecule has 0 fully saturated rings. The van der Waals surface area contributed by atoms with E-state index < -0.39 is 6.10 Å². The van der Waals surface area contributed by atoms with Crippen LogP contribution in [0.2, 0.25) is 0 Å². The topological polar surface area (TPSA) is 47.6 Å². The van der Waals surface area contributed by atoms with Crippen molar-refractivity contribution in [2.75, 3.05) is 11.9 Å². The Morgan fingerprint density at radius 1 is 1.25 bits per heavy atom. The minimum absolute atomic E-state index is 0.207. The first-order valence-corrected chi connectivity index (χ1v) is 8.03. The number of ether oxygens (including phenoxy) is 2. The average Bonchev–Trinajstić information content (AvgIpc) is 2.60. The van der Waals surface area contributed by atoms with Crippen molar-refractivity contribution in [3.63, 3.8) is 0 Å². The number of carbonyl (C=O) groups is 1. The van der Waals surface area contributed by atoms with E-state index in [1.165, 1.54) is 0 Å². The van der Waals surface area contributed by atoms with Gasteiger partial charge in [-0.05, 0) is 37.1 Å². The molecule has 2 rings (SSSR count). The summed E-state index contributed by atoms with van der Waals surface area (Å²) in [5.41, 5.74) is 1.75. The van der Waals surface area contributed by atoms with Crippen molar-refractivity contribution in [3.05, 3.63) is 66.7 Å². The number of aryl methyl sites for hydroxylation is 1. The van der Waals surface area contributed by atoms with Gasteiger partial charge in [0.25, 0.3) is 5.91 Å². The number of hydrogen-bond acceptors (Lipinski definition) is 3. The molecule has 2 aromatic carbocycles. The van der Waals surface area contributed by atoms with Crippen LogP contribution >= 0.6 is 0 Å². The lowest BCUT2D eigenvalue weighted by atomic mass is 10.1. The van der Waals surface area contributed by atoms with E-state index in [0.717, 1.165) is 17.7 Å². The first-order valence-electron chi connectivity index (χ1n) is 8.03. The molecule has 0 aromatic heterocycles. The van der Waals surface area contributed by atoms with Crippen LogP contribution < -0.4 is 14.8 Å². The Labute approximate surface area is 143 Å². The van der Waals surface area contributed by atoms with Crippen LogP contribution in [0.15, 0.2) is 61.2 Å². The predicted molar refractivity (Wildman–Crippen MR) is 96.7 cm³/mol. The molecule has 0 aliphatic carbocycles. The standard InChI is InChI=1S/C20H23NO3/c1-4-13-23-18-11-8-10-17(14-18)21-20(22)15(3)24-19-12-7-6-9-16(19)5-2/h4,6-12,14-15H,1,5,13H2,2-3H3,(H,21,22)/t15-/m1/s1. The fourth-order valence-corrected chi connectivity index (χ4v) is 2.22. The third kappa shape index (κ3) is 4.88. The van der Waals surface area contributed by atoms with Crippen LogP contribution in [0.3, 0.4) is 0 Å². The van der Waals surface area contributed by atoms with E-state index >= 15 is 0 Å². The van der Waals surface area contributed by atoms with Gasteiger partial charge in [-0.25, -0.2) is 0 Å². The summed E-state index contributed by atoms with van der Waals surface area (Å²) >= 11 is 0. The number of nitrogens with one attached hydrogen (secondary N) is 1. The minimum Gasteiger partial charge on any atom is -0.489 e. The van der Waals surface area contributed by atoms with Gasteiger partial charge in [0.2, 0.25) is 0 Å². The van der Waals surface area contributed by atoms with Gasteiger partial charge < -0.3 is 14.8 Å². The number of benzene rings is 2. The molecule has 0 bridgehead atoms. The summed E-state index contributed by atoms with van der Waals surface area (Å²) in [5, 5.41) is 2.85. The van der Waals surface area contributed by atoms with Crippen LogP contribution in [-0.2, 0) is 11.2 Å². The molecule has 0 heterocycles. The zero-order valence-electron chi connectivity index (χ0n) is 14.1. The predicted octanol–water partition coefficient (Wildman–Crippen LogP) is 4.22. The summed E-state index contributed by atoms with van der Waals surface area (Å²) in [6.07, 6.45) is 1.93. The van der Waals surface area contributed by atoms with Crippen molar-refractivity contribution < 1.29 is 14.3 Å². The molecule has 1 amide bonds. The minimum atomic E-state index is -0.601. The van der Waals surface area contributed by atoms with E-state index in [0.29, 0.717) is 18.0 Å². The van der Waals surface area contributed by atoms with Gasteiger partial charge in [0.05, 0.1) is 0 Å². The Balaban J connectivity index is 2.00. The molecule has 0 spiro atoms. The fraction of sp³-hybridized carbons (Fsp3) is 0.250. The lowest BCUT2D eigenvalue weighted by Gasteiger charge is -2.17. The highest BCUT2D eigenvalue weighted by atomic mass is 16.5.